The number of nitrogens with two attached hydrogens (primary N) is 1. The summed E-state index contributed by atoms with van der Waals surface area (Å²) in [6.45, 7) is 3.94. The van der Waals surface area contributed by atoms with Gasteiger partial charge in [0.2, 0.25) is 5.91 Å². The van der Waals surface area contributed by atoms with Crippen molar-refractivity contribution in [2.75, 3.05) is 11.9 Å². The van der Waals surface area contributed by atoms with Gasteiger partial charge in [0.05, 0.1) is 0 Å². The second kappa shape index (κ2) is 7.39. The number of nitriles is 1. The van der Waals surface area contributed by atoms with E-state index in [1.807, 2.05) is 19.9 Å². The van der Waals surface area contributed by atoms with Crippen molar-refractivity contribution in [3.8, 4) is 11.8 Å². The van der Waals surface area contributed by atoms with Crippen LogP contribution in [0.3, 0.4) is 0 Å². The van der Waals surface area contributed by atoms with E-state index in [-0.39, 0.29) is 30.9 Å². The standard InChI is InChI=1S/C14H19N3O2/c1-10(2)13(16)9-14(18)17-11-4-3-5-12(8-11)19-7-6-15/h3-5,8,10,13H,7,9,16H2,1-2H3,(H,17,18). The van der Waals surface area contributed by atoms with Crippen molar-refractivity contribution in [1.82, 2.24) is 0 Å². The van der Waals surface area contributed by atoms with Crippen LogP contribution >= 0.6 is 0 Å². The molecule has 19 heavy (non-hydrogen) atoms. The molecule has 1 unspecified atom stereocenters. The van der Waals surface area contributed by atoms with E-state index in [4.69, 9.17) is 15.7 Å². The predicted octanol–water partition coefficient (Wildman–Crippen LogP) is 1.90. The molecule has 0 radical (unpaired) electrons. The lowest BCUT2D eigenvalue weighted by Gasteiger charge is -2.15. The summed E-state index contributed by atoms with van der Waals surface area (Å²) in [5.41, 5.74) is 6.48. The average Bonchev–Trinajstić information content (AvgIpc) is 2.36. The predicted molar refractivity (Wildman–Crippen MR) is 73.6 cm³/mol. The van der Waals surface area contributed by atoms with Crippen molar-refractivity contribution in [1.29, 1.82) is 5.26 Å². The Balaban J connectivity index is 2.57. The molecule has 0 aromatic heterocycles. The lowest BCUT2D eigenvalue weighted by molar-refractivity contribution is -0.116. The number of hydrogen-bond donors (Lipinski definition) is 2. The number of carbonyl (C=O) groups is 1. The molecule has 5 heteroatoms. The number of benzene rings is 1. The maximum absolute atomic E-state index is 11.8. The molecule has 102 valence electrons. The Morgan fingerprint density at radius 1 is 1.53 bits per heavy atom. The van der Waals surface area contributed by atoms with Crippen molar-refractivity contribution in [2.45, 2.75) is 26.3 Å². The molecule has 0 aliphatic carbocycles. The zero-order chi connectivity index (χ0) is 14.3. The van der Waals surface area contributed by atoms with Crippen molar-refractivity contribution in [2.24, 2.45) is 11.7 Å². The summed E-state index contributed by atoms with van der Waals surface area (Å²) in [6.07, 6.45) is 0.279. The van der Waals surface area contributed by atoms with Crippen molar-refractivity contribution in [3.05, 3.63) is 24.3 Å². The molecule has 3 N–H and O–H groups in total. The molecule has 0 saturated heterocycles. The summed E-state index contributed by atoms with van der Waals surface area (Å²) in [5.74, 6) is 0.683. The summed E-state index contributed by atoms with van der Waals surface area (Å²) >= 11 is 0. The maximum atomic E-state index is 11.8. The van der Waals surface area contributed by atoms with E-state index in [9.17, 15) is 4.79 Å². The number of rotatable bonds is 6. The second-order valence-corrected chi connectivity index (χ2v) is 4.63. The largest absolute Gasteiger partial charge is 0.479 e. The number of ether oxygens (including phenoxy) is 1. The number of nitrogens with zero attached hydrogens (tertiary/aromatic N) is 1. The Morgan fingerprint density at radius 3 is 2.89 bits per heavy atom. The van der Waals surface area contributed by atoms with Gasteiger partial charge in [0.25, 0.3) is 0 Å². The van der Waals surface area contributed by atoms with Crippen LogP contribution in [0.1, 0.15) is 20.3 Å². The Bertz CT molecular complexity index is 466. The van der Waals surface area contributed by atoms with E-state index in [1.54, 1.807) is 24.3 Å². The van der Waals surface area contributed by atoms with Crippen molar-refractivity contribution < 1.29 is 9.53 Å². The van der Waals surface area contributed by atoms with Crippen LogP contribution in [-0.4, -0.2) is 18.6 Å². The average molecular weight is 261 g/mol. The lowest BCUT2D eigenvalue weighted by atomic mass is 10.0. The Morgan fingerprint density at radius 2 is 2.26 bits per heavy atom. The number of anilines is 1. The topological polar surface area (TPSA) is 88.1 Å². The minimum absolute atomic E-state index is 0.0182. The molecule has 0 saturated carbocycles. The highest BCUT2D eigenvalue weighted by atomic mass is 16.5. The van der Waals surface area contributed by atoms with Gasteiger partial charge in [0, 0.05) is 24.2 Å². The highest BCUT2D eigenvalue weighted by molar-refractivity contribution is 5.91. The van der Waals surface area contributed by atoms with Gasteiger partial charge in [-0.1, -0.05) is 19.9 Å². The molecule has 5 nitrogen and oxygen atoms in total. The third kappa shape index (κ3) is 5.40. The quantitative estimate of drug-likeness (QED) is 0.818. The minimum Gasteiger partial charge on any atom is -0.479 e. The van der Waals surface area contributed by atoms with Gasteiger partial charge in [0.1, 0.15) is 11.8 Å². The number of hydrogen-bond acceptors (Lipinski definition) is 4. The molecular formula is C14H19N3O2. The van der Waals surface area contributed by atoms with Crippen LogP contribution in [0, 0.1) is 17.2 Å². The molecule has 0 spiro atoms. The van der Waals surface area contributed by atoms with E-state index < -0.39 is 0 Å². The SMILES string of the molecule is CC(C)C(N)CC(=O)Nc1cccc(OCC#N)c1. The zero-order valence-electron chi connectivity index (χ0n) is 11.2. The number of nitrogens with one attached hydrogen (secondary N) is 1. The van der Waals surface area contributed by atoms with Gasteiger partial charge in [-0.05, 0) is 18.1 Å². The normalized spacial score (nSPS) is 11.7. The van der Waals surface area contributed by atoms with Crippen LogP contribution in [0.2, 0.25) is 0 Å². The van der Waals surface area contributed by atoms with Gasteiger partial charge >= 0.3 is 0 Å². The van der Waals surface area contributed by atoms with Crippen molar-refractivity contribution >= 4 is 11.6 Å². The number of carbonyl (C=O) groups excluding carboxylic acids is 1. The lowest BCUT2D eigenvalue weighted by Crippen LogP contribution is -2.31. The van der Waals surface area contributed by atoms with Gasteiger partial charge in [-0.15, -0.1) is 0 Å². The Kier molecular flexibility index (Phi) is 5.83. The zero-order valence-corrected chi connectivity index (χ0v) is 11.2. The third-order valence-corrected chi connectivity index (χ3v) is 2.70. The van der Waals surface area contributed by atoms with Gasteiger partial charge < -0.3 is 15.8 Å². The fraction of sp³-hybridized carbons (Fsp3) is 0.429. The van der Waals surface area contributed by atoms with E-state index in [0.29, 0.717) is 11.4 Å². The summed E-state index contributed by atoms with van der Waals surface area (Å²) in [6, 6.07) is 8.66. The molecule has 0 bridgehead atoms. The molecule has 1 aromatic rings. The molecule has 0 aliphatic rings. The van der Waals surface area contributed by atoms with Gasteiger partial charge in [-0.3, -0.25) is 4.79 Å². The smallest absolute Gasteiger partial charge is 0.225 e. The highest BCUT2D eigenvalue weighted by Crippen LogP contribution is 2.17. The van der Waals surface area contributed by atoms with Crippen LogP contribution in [0.4, 0.5) is 5.69 Å². The van der Waals surface area contributed by atoms with E-state index in [0.717, 1.165) is 0 Å². The molecule has 1 rings (SSSR count). The first-order valence-corrected chi connectivity index (χ1v) is 6.18. The Hall–Kier alpha value is -2.06. The molecule has 1 amide bonds. The van der Waals surface area contributed by atoms with E-state index in [1.165, 1.54) is 0 Å². The van der Waals surface area contributed by atoms with Gasteiger partial charge in [0.15, 0.2) is 6.61 Å². The van der Waals surface area contributed by atoms with Crippen LogP contribution in [0.25, 0.3) is 0 Å². The molecule has 0 heterocycles. The van der Waals surface area contributed by atoms with Gasteiger partial charge in [-0.2, -0.15) is 5.26 Å². The van der Waals surface area contributed by atoms with Crippen LogP contribution in [0.5, 0.6) is 5.75 Å². The fourth-order valence-corrected chi connectivity index (χ4v) is 1.44. The molecular weight excluding hydrogens is 242 g/mol. The van der Waals surface area contributed by atoms with E-state index >= 15 is 0 Å². The van der Waals surface area contributed by atoms with Gasteiger partial charge in [-0.25, -0.2) is 0 Å². The summed E-state index contributed by atoms with van der Waals surface area (Å²) in [4.78, 5) is 11.8. The van der Waals surface area contributed by atoms with Crippen LogP contribution in [0.15, 0.2) is 24.3 Å². The first kappa shape index (κ1) is 15.0. The highest BCUT2D eigenvalue weighted by Gasteiger charge is 2.13. The van der Waals surface area contributed by atoms with Crippen molar-refractivity contribution in [3.63, 3.8) is 0 Å². The summed E-state index contributed by atoms with van der Waals surface area (Å²) in [7, 11) is 0. The monoisotopic (exact) mass is 261 g/mol. The van der Waals surface area contributed by atoms with Crippen LogP contribution in [-0.2, 0) is 4.79 Å². The first-order chi connectivity index (χ1) is 9.02. The molecule has 0 aliphatic heterocycles. The fourth-order valence-electron chi connectivity index (χ4n) is 1.44. The summed E-state index contributed by atoms with van der Waals surface area (Å²) < 4.78 is 5.16. The first-order valence-electron chi connectivity index (χ1n) is 6.18. The maximum Gasteiger partial charge on any atom is 0.225 e. The van der Waals surface area contributed by atoms with E-state index in [2.05, 4.69) is 5.32 Å². The minimum atomic E-state index is -0.155. The summed E-state index contributed by atoms with van der Waals surface area (Å²) in [5, 5.41) is 11.2. The Labute approximate surface area is 113 Å². The molecule has 1 aromatic carbocycles. The second-order valence-electron chi connectivity index (χ2n) is 4.63. The molecule has 1 atom stereocenters. The third-order valence-electron chi connectivity index (χ3n) is 2.70. The van der Waals surface area contributed by atoms with Crippen LogP contribution < -0.4 is 15.8 Å². The molecule has 0 fully saturated rings. The number of amides is 1.